The summed E-state index contributed by atoms with van der Waals surface area (Å²) in [5.74, 6) is 0.737. The van der Waals surface area contributed by atoms with Crippen LogP contribution in [0.5, 0.6) is 0 Å². The topological polar surface area (TPSA) is 79.0 Å². The zero-order valence-electron chi connectivity index (χ0n) is 9.51. The van der Waals surface area contributed by atoms with E-state index in [-0.39, 0.29) is 11.3 Å². The molecule has 2 rings (SSSR count). The van der Waals surface area contributed by atoms with Gasteiger partial charge in [0.25, 0.3) is 5.69 Å². The molecule has 1 aliphatic rings. The van der Waals surface area contributed by atoms with Crippen LogP contribution in [-0.2, 0) is 0 Å². The van der Waals surface area contributed by atoms with Gasteiger partial charge in [0.2, 0.25) is 0 Å². The first-order chi connectivity index (χ1) is 8.10. The molecule has 5 nitrogen and oxygen atoms in total. The molecule has 5 heteroatoms. The van der Waals surface area contributed by atoms with Crippen molar-refractivity contribution >= 4 is 11.4 Å². The van der Waals surface area contributed by atoms with E-state index < -0.39 is 4.92 Å². The summed E-state index contributed by atoms with van der Waals surface area (Å²) in [6.07, 6.45) is 2.22. The Kier molecular flexibility index (Phi) is 2.96. The monoisotopic (exact) mass is 231 g/mol. The first kappa shape index (κ1) is 11.4. The number of nitriles is 1. The molecular formula is C12H13N3O2. The minimum absolute atomic E-state index is 0.104. The van der Waals surface area contributed by atoms with Crippen LogP contribution < -0.4 is 5.32 Å². The van der Waals surface area contributed by atoms with Crippen LogP contribution in [0.25, 0.3) is 0 Å². The van der Waals surface area contributed by atoms with Gasteiger partial charge in [-0.3, -0.25) is 10.1 Å². The first-order valence-corrected chi connectivity index (χ1v) is 5.55. The third-order valence-corrected chi connectivity index (χ3v) is 3.06. The molecule has 1 fully saturated rings. The molecule has 1 aromatic rings. The number of anilines is 1. The molecule has 1 saturated carbocycles. The molecule has 0 saturated heterocycles. The fraction of sp³-hybridized carbons (Fsp3) is 0.417. The Labute approximate surface area is 99.2 Å². The number of nitrogens with one attached hydrogen (secondary N) is 1. The lowest BCUT2D eigenvalue weighted by Gasteiger charge is -2.34. The van der Waals surface area contributed by atoms with Crippen LogP contribution in [0.1, 0.15) is 25.3 Å². The lowest BCUT2D eigenvalue weighted by atomic mass is 9.82. The first-order valence-electron chi connectivity index (χ1n) is 5.55. The second-order valence-electron chi connectivity index (χ2n) is 4.52. The average Bonchev–Trinajstić information content (AvgIpc) is 2.26. The summed E-state index contributed by atoms with van der Waals surface area (Å²) in [5, 5.41) is 22.8. The maximum Gasteiger partial charge on any atom is 0.287 e. The summed E-state index contributed by atoms with van der Waals surface area (Å²) < 4.78 is 0. The van der Waals surface area contributed by atoms with Gasteiger partial charge < -0.3 is 5.32 Å². The standard InChI is InChI=1S/C12H13N3O2/c1-8-4-11(5-8)14-10-2-3-12(15(16)17)9(6-10)7-13/h2-3,6,8,11,14H,4-5H2,1H3. The van der Waals surface area contributed by atoms with E-state index in [4.69, 9.17) is 5.26 Å². The van der Waals surface area contributed by atoms with E-state index in [0.717, 1.165) is 24.4 Å². The minimum atomic E-state index is -0.534. The highest BCUT2D eigenvalue weighted by Gasteiger charge is 2.25. The predicted octanol–water partition coefficient (Wildman–Crippen LogP) is 2.68. The maximum atomic E-state index is 10.7. The minimum Gasteiger partial charge on any atom is -0.382 e. The van der Waals surface area contributed by atoms with E-state index in [1.807, 2.05) is 6.07 Å². The summed E-state index contributed by atoms with van der Waals surface area (Å²) in [6, 6.07) is 6.86. The SMILES string of the molecule is CC1CC(Nc2ccc([N+](=O)[O-])c(C#N)c2)C1. The number of rotatable bonds is 3. The Balaban J connectivity index is 2.15. The zero-order chi connectivity index (χ0) is 12.4. The highest BCUT2D eigenvalue weighted by molar-refractivity contribution is 5.59. The summed E-state index contributed by atoms with van der Waals surface area (Å²) in [6.45, 7) is 2.19. The van der Waals surface area contributed by atoms with Crippen molar-refractivity contribution in [3.8, 4) is 6.07 Å². The summed E-state index contributed by atoms with van der Waals surface area (Å²) >= 11 is 0. The fourth-order valence-corrected chi connectivity index (χ4v) is 2.13. The van der Waals surface area contributed by atoms with Crippen LogP contribution in [0.15, 0.2) is 18.2 Å². The normalized spacial score (nSPS) is 22.4. The van der Waals surface area contributed by atoms with Gasteiger partial charge in [0.05, 0.1) is 4.92 Å². The summed E-state index contributed by atoms with van der Waals surface area (Å²) in [5.41, 5.74) is 0.747. The number of benzene rings is 1. The predicted molar refractivity (Wildman–Crippen MR) is 63.6 cm³/mol. The number of hydrogen-bond acceptors (Lipinski definition) is 4. The van der Waals surface area contributed by atoms with Crippen molar-refractivity contribution in [2.45, 2.75) is 25.8 Å². The Hall–Kier alpha value is -2.09. The van der Waals surface area contributed by atoms with Gasteiger partial charge in [0.15, 0.2) is 0 Å². The molecule has 0 atom stereocenters. The van der Waals surface area contributed by atoms with Gasteiger partial charge in [0, 0.05) is 17.8 Å². The van der Waals surface area contributed by atoms with Crippen molar-refractivity contribution in [1.29, 1.82) is 5.26 Å². The van der Waals surface area contributed by atoms with Gasteiger partial charge in [-0.1, -0.05) is 6.92 Å². The molecule has 0 amide bonds. The van der Waals surface area contributed by atoms with Crippen molar-refractivity contribution in [2.75, 3.05) is 5.32 Å². The quantitative estimate of drug-likeness (QED) is 0.640. The zero-order valence-corrected chi connectivity index (χ0v) is 9.51. The lowest BCUT2D eigenvalue weighted by molar-refractivity contribution is -0.385. The highest BCUT2D eigenvalue weighted by atomic mass is 16.6. The Morgan fingerprint density at radius 2 is 2.24 bits per heavy atom. The molecule has 0 radical (unpaired) electrons. The molecule has 88 valence electrons. The molecule has 17 heavy (non-hydrogen) atoms. The van der Waals surface area contributed by atoms with Crippen molar-refractivity contribution in [2.24, 2.45) is 5.92 Å². The van der Waals surface area contributed by atoms with Gasteiger partial charge in [-0.2, -0.15) is 5.26 Å². The van der Waals surface area contributed by atoms with Gasteiger partial charge >= 0.3 is 0 Å². The maximum absolute atomic E-state index is 10.7. The van der Waals surface area contributed by atoms with Crippen LogP contribution in [0.4, 0.5) is 11.4 Å². The molecular weight excluding hydrogens is 218 g/mol. The third kappa shape index (κ3) is 2.36. The van der Waals surface area contributed by atoms with Crippen LogP contribution in [-0.4, -0.2) is 11.0 Å². The fourth-order valence-electron chi connectivity index (χ4n) is 2.13. The van der Waals surface area contributed by atoms with Gasteiger partial charge in [-0.05, 0) is 30.9 Å². The number of nitrogens with zero attached hydrogens (tertiary/aromatic N) is 2. The molecule has 0 aromatic heterocycles. The van der Waals surface area contributed by atoms with Crippen LogP contribution in [0.3, 0.4) is 0 Å². The van der Waals surface area contributed by atoms with Crippen molar-refractivity contribution in [3.05, 3.63) is 33.9 Å². The lowest BCUT2D eigenvalue weighted by Crippen LogP contribution is -2.33. The molecule has 1 aromatic carbocycles. The van der Waals surface area contributed by atoms with Gasteiger partial charge in [0.1, 0.15) is 11.6 Å². The van der Waals surface area contributed by atoms with Crippen LogP contribution in [0, 0.1) is 27.4 Å². The molecule has 0 heterocycles. The van der Waals surface area contributed by atoms with Crippen molar-refractivity contribution < 1.29 is 4.92 Å². The largest absolute Gasteiger partial charge is 0.382 e. The van der Waals surface area contributed by atoms with Gasteiger partial charge in [-0.15, -0.1) is 0 Å². The molecule has 0 unspecified atom stereocenters. The number of nitro benzene ring substituents is 1. The smallest absolute Gasteiger partial charge is 0.287 e. The van der Waals surface area contributed by atoms with E-state index in [1.165, 1.54) is 6.07 Å². The molecule has 1 aliphatic carbocycles. The second-order valence-corrected chi connectivity index (χ2v) is 4.52. The highest BCUT2D eigenvalue weighted by Crippen LogP contribution is 2.30. The molecule has 0 bridgehead atoms. The summed E-state index contributed by atoms with van der Waals surface area (Å²) in [7, 11) is 0. The molecule has 0 spiro atoms. The number of nitro groups is 1. The van der Waals surface area contributed by atoms with E-state index in [1.54, 1.807) is 12.1 Å². The number of hydrogen-bond donors (Lipinski definition) is 1. The van der Waals surface area contributed by atoms with E-state index in [2.05, 4.69) is 12.2 Å². The van der Waals surface area contributed by atoms with Gasteiger partial charge in [-0.25, -0.2) is 0 Å². The third-order valence-electron chi connectivity index (χ3n) is 3.06. The molecule has 0 aliphatic heterocycles. The van der Waals surface area contributed by atoms with Crippen LogP contribution >= 0.6 is 0 Å². The summed E-state index contributed by atoms with van der Waals surface area (Å²) in [4.78, 5) is 10.1. The Bertz CT molecular complexity index is 487. The van der Waals surface area contributed by atoms with E-state index >= 15 is 0 Å². The van der Waals surface area contributed by atoms with E-state index in [0.29, 0.717) is 6.04 Å². The van der Waals surface area contributed by atoms with E-state index in [9.17, 15) is 10.1 Å². The Morgan fingerprint density at radius 1 is 1.53 bits per heavy atom. The van der Waals surface area contributed by atoms with Crippen molar-refractivity contribution in [3.63, 3.8) is 0 Å². The van der Waals surface area contributed by atoms with Crippen molar-refractivity contribution in [1.82, 2.24) is 0 Å². The molecule has 1 N–H and O–H groups in total. The second kappa shape index (κ2) is 4.42. The van der Waals surface area contributed by atoms with Crippen LogP contribution in [0.2, 0.25) is 0 Å². The average molecular weight is 231 g/mol. The Morgan fingerprint density at radius 3 is 2.76 bits per heavy atom.